The lowest BCUT2D eigenvalue weighted by atomic mass is 10.1. The van der Waals surface area contributed by atoms with Gasteiger partial charge in [-0.15, -0.1) is 0 Å². The van der Waals surface area contributed by atoms with Crippen molar-refractivity contribution in [1.29, 1.82) is 0 Å². The van der Waals surface area contributed by atoms with Gasteiger partial charge in [0.05, 0.1) is 6.61 Å². The fraction of sp³-hybridized carbons (Fsp3) is 0.588. The molecule has 0 spiro atoms. The van der Waals surface area contributed by atoms with E-state index in [1.54, 1.807) is 0 Å². The molecule has 2 N–H and O–H groups in total. The Morgan fingerprint density at radius 1 is 1.50 bits per heavy atom. The summed E-state index contributed by atoms with van der Waals surface area (Å²) in [6.45, 7) is 7.01. The Labute approximate surface area is 131 Å². The summed E-state index contributed by atoms with van der Waals surface area (Å²) in [5.74, 6) is 0.882. The number of carboxylic acids is 1. The molecule has 5 heteroatoms. The van der Waals surface area contributed by atoms with E-state index >= 15 is 0 Å². The van der Waals surface area contributed by atoms with Crippen LogP contribution in [-0.2, 0) is 17.8 Å². The van der Waals surface area contributed by atoms with Gasteiger partial charge >= 0.3 is 5.97 Å². The van der Waals surface area contributed by atoms with E-state index < -0.39 is 12.0 Å². The molecular formula is C17H25NO4. The minimum atomic E-state index is -0.814. The van der Waals surface area contributed by atoms with E-state index in [4.69, 9.17) is 9.47 Å². The van der Waals surface area contributed by atoms with Crippen molar-refractivity contribution in [2.75, 3.05) is 6.61 Å². The summed E-state index contributed by atoms with van der Waals surface area (Å²) in [6.07, 6.45) is 2.50. The van der Waals surface area contributed by atoms with Gasteiger partial charge in [-0.05, 0) is 32.4 Å². The smallest absolute Gasteiger partial charge is 0.320 e. The lowest BCUT2D eigenvalue weighted by Gasteiger charge is -2.16. The lowest BCUT2D eigenvalue weighted by Crippen LogP contribution is -2.36. The summed E-state index contributed by atoms with van der Waals surface area (Å²) in [4.78, 5) is 11.2. The van der Waals surface area contributed by atoms with Gasteiger partial charge in [0.1, 0.15) is 23.6 Å². The molecule has 0 amide bonds. The second kappa shape index (κ2) is 7.49. The molecule has 1 heterocycles. The molecule has 0 fully saturated rings. The van der Waals surface area contributed by atoms with Gasteiger partial charge in [0.2, 0.25) is 0 Å². The van der Waals surface area contributed by atoms with Gasteiger partial charge < -0.3 is 19.9 Å². The van der Waals surface area contributed by atoms with Crippen molar-refractivity contribution < 1.29 is 19.4 Å². The van der Waals surface area contributed by atoms with Crippen LogP contribution in [0.5, 0.6) is 11.5 Å². The average molecular weight is 307 g/mol. The van der Waals surface area contributed by atoms with Crippen molar-refractivity contribution in [1.82, 2.24) is 5.32 Å². The van der Waals surface area contributed by atoms with Crippen molar-refractivity contribution in [3.63, 3.8) is 0 Å². The summed E-state index contributed by atoms with van der Waals surface area (Å²) in [7, 11) is 0. The number of ether oxygens (including phenoxy) is 2. The first-order valence-corrected chi connectivity index (χ1v) is 7.96. The minimum Gasteiger partial charge on any atom is -0.494 e. The van der Waals surface area contributed by atoms with Crippen LogP contribution in [0.3, 0.4) is 0 Å². The fourth-order valence-corrected chi connectivity index (χ4v) is 2.74. The van der Waals surface area contributed by atoms with Crippen molar-refractivity contribution in [3.05, 3.63) is 23.3 Å². The molecule has 0 radical (unpaired) electrons. The molecule has 0 bridgehead atoms. The molecule has 5 nitrogen and oxygen atoms in total. The molecule has 2 unspecified atom stereocenters. The van der Waals surface area contributed by atoms with E-state index in [0.29, 0.717) is 19.6 Å². The highest BCUT2D eigenvalue weighted by Crippen LogP contribution is 2.35. The zero-order chi connectivity index (χ0) is 16.1. The van der Waals surface area contributed by atoms with Crippen LogP contribution in [0.25, 0.3) is 0 Å². The van der Waals surface area contributed by atoms with Gasteiger partial charge in [-0.2, -0.15) is 0 Å². The standard InChI is InChI=1S/C17H25NO4/c1-4-6-14(17(19)20)18-10-13-9-16-12(7-11(3)22-16)8-15(13)21-5-2/h8-9,11,14,18H,4-7,10H2,1-3H3,(H,19,20). The van der Waals surface area contributed by atoms with Crippen LogP contribution in [0.4, 0.5) is 0 Å². The van der Waals surface area contributed by atoms with Gasteiger partial charge in [-0.25, -0.2) is 0 Å². The van der Waals surface area contributed by atoms with Crippen LogP contribution >= 0.6 is 0 Å². The van der Waals surface area contributed by atoms with Gasteiger partial charge in [0.15, 0.2) is 0 Å². The minimum absolute atomic E-state index is 0.180. The second-order valence-electron chi connectivity index (χ2n) is 5.69. The third-order valence-electron chi connectivity index (χ3n) is 3.79. The van der Waals surface area contributed by atoms with E-state index in [1.165, 1.54) is 0 Å². The summed E-state index contributed by atoms with van der Waals surface area (Å²) in [5.41, 5.74) is 2.10. The largest absolute Gasteiger partial charge is 0.494 e. The zero-order valence-electron chi connectivity index (χ0n) is 13.5. The van der Waals surface area contributed by atoms with Crippen molar-refractivity contribution in [2.24, 2.45) is 0 Å². The molecule has 22 heavy (non-hydrogen) atoms. The Morgan fingerprint density at radius 3 is 2.91 bits per heavy atom. The van der Waals surface area contributed by atoms with Crippen molar-refractivity contribution in [3.8, 4) is 11.5 Å². The maximum atomic E-state index is 11.2. The second-order valence-corrected chi connectivity index (χ2v) is 5.69. The molecule has 0 saturated carbocycles. The number of carbonyl (C=O) groups is 1. The van der Waals surface area contributed by atoms with Crippen LogP contribution in [-0.4, -0.2) is 29.8 Å². The Morgan fingerprint density at radius 2 is 2.27 bits per heavy atom. The lowest BCUT2D eigenvalue weighted by molar-refractivity contribution is -0.139. The number of hydrogen-bond acceptors (Lipinski definition) is 4. The predicted octanol–water partition coefficient (Wildman–Crippen LogP) is 2.75. The Bertz CT molecular complexity index is 530. The molecule has 0 aromatic heterocycles. The number of hydrogen-bond donors (Lipinski definition) is 2. The van der Waals surface area contributed by atoms with Gasteiger partial charge in [0, 0.05) is 24.1 Å². The van der Waals surface area contributed by atoms with E-state index in [0.717, 1.165) is 35.5 Å². The number of rotatable bonds is 8. The highest BCUT2D eigenvalue weighted by Gasteiger charge is 2.23. The first kappa shape index (κ1) is 16.6. The molecule has 122 valence electrons. The number of fused-ring (bicyclic) bond motifs is 1. The van der Waals surface area contributed by atoms with Gasteiger partial charge in [-0.3, -0.25) is 4.79 Å². The molecular weight excluding hydrogens is 282 g/mol. The highest BCUT2D eigenvalue weighted by molar-refractivity contribution is 5.73. The third kappa shape index (κ3) is 3.91. The molecule has 1 aliphatic rings. The van der Waals surface area contributed by atoms with E-state index in [2.05, 4.69) is 5.32 Å². The molecule has 1 aromatic rings. The van der Waals surface area contributed by atoms with E-state index in [-0.39, 0.29) is 6.10 Å². The summed E-state index contributed by atoms with van der Waals surface area (Å²) >= 11 is 0. The topological polar surface area (TPSA) is 67.8 Å². The summed E-state index contributed by atoms with van der Waals surface area (Å²) in [5, 5.41) is 12.3. The number of carboxylic acid groups (broad SMARTS) is 1. The average Bonchev–Trinajstić information content (AvgIpc) is 2.82. The number of aliphatic carboxylic acids is 1. The molecule has 2 rings (SSSR count). The third-order valence-corrected chi connectivity index (χ3v) is 3.79. The molecule has 0 saturated heterocycles. The molecule has 2 atom stereocenters. The summed E-state index contributed by atoms with van der Waals surface area (Å²) in [6, 6.07) is 3.46. The number of nitrogens with one attached hydrogen (secondary N) is 1. The summed E-state index contributed by atoms with van der Waals surface area (Å²) < 4.78 is 11.5. The SMILES string of the molecule is CCCC(NCc1cc2c(cc1OCC)CC(C)O2)C(=O)O. The van der Waals surface area contributed by atoms with Crippen LogP contribution in [0, 0.1) is 0 Å². The van der Waals surface area contributed by atoms with Gasteiger partial charge in [-0.1, -0.05) is 13.3 Å². The normalized spacial score (nSPS) is 17.7. The zero-order valence-corrected chi connectivity index (χ0v) is 13.5. The molecule has 1 aliphatic heterocycles. The Hall–Kier alpha value is -1.75. The van der Waals surface area contributed by atoms with Crippen LogP contribution in [0.15, 0.2) is 12.1 Å². The van der Waals surface area contributed by atoms with Gasteiger partial charge in [0.25, 0.3) is 0 Å². The van der Waals surface area contributed by atoms with Crippen LogP contribution in [0.1, 0.15) is 44.7 Å². The van der Waals surface area contributed by atoms with E-state index in [1.807, 2.05) is 32.9 Å². The maximum Gasteiger partial charge on any atom is 0.320 e. The first-order chi connectivity index (χ1) is 10.5. The van der Waals surface area contributed by atoms with Crippen LogP contribution in [0.2, 0.25) is 0 Å². The number of benzene rings is 1. The highest BCUT2D eigenvalue weighted by atomic mass is 16.5. The first-order valence-electron chi connectivity index (χ1n) is 7.96. The van der Waals surface area contributed by atoms with E-state index in [9.17, 15) is 9.90 Å². The maximum absolute atomic E-state index is 11.2. The molecule has 1 aromatic carbocycles. The fourth-order valence-electron chi connectivity index (χ4n) is 2.74. The Kier molecular flexibility index (Phi) is 5.66. The molecule has 0 aliphatic carbocycles. The van der Waals surface area contributed by atoms with Crippen LogP contribution < -0.4 is 14.8 Å². The van der Waals surface area contributed by atoms with Crippen molar-refractivity contribution >= 4 is 5.97 Å². The quantitative estimate of drug-likeness (QED) is 0.773. The predicted molar refractivity (Wildman–Crippen MR) is 84.6 cm³/mol. The monoisotopic (exact) mass is 307 g/mol. The van der Waals surface area contributed by atoms with Crippen molar-refractivity contribution in [2.45, 2.75) is 58.7 Å². The Balaban J connectivity index is 2.15.